The summed E-state index contributed by atoms with van der Waals surface area (Å²) >= 11 is 0. The number of aldehydes is 1. The zero-order chi connectivity index (χ0) is 21.6. The maximum absolute atomic E-state index is 12.5. The van der Waals surface area contributed by atoms with Gasteiger partial charge in [0.25, 0.3) is 0 Å². The lowest BCUT2D eigenvalue weighted by Gasteiger charge is -2.28. The Hall–Kier alpha value is -3.19. The number of alkyl carbamates (subject to hydrolysis) is 1. The molecule has 1 aliphatic rings. The van der Waals surface area contributed by atoms with Crippen molar-refractivity contribution in [2.75, 3.05) is 13.2 Å². The van der Waals surface area contributed by atoms with E-state index >= 15 is 0 Å². The summed E-state index contributed by atoms with van der Waals surface area (Å²) < 4.78 is 10.8. The summed E-state index contributed by atoms with van der Waals surface area (Å²) in [7, 11) is 0. The second-order valence-electron chi connectivity index (χ2n) is 7.16. The van der Waals surface area contributed by atoms with Crippen LogP contribution in [0.5, 0.6) is 0 Å². The number of carbonyl (C=O) groups excluding carboxylic acids is 2. The number of benzene rings is 2. The second kappa shape index (κ2) is 9.54. The lowest BCUT2D eigenvalue weighted by atomic mass is 9.98. The number of ether oxygens (including phenoxy) is 2. The average Bonchev–Trinajstić information content (AvgIpc) is 3.06. The standard InChI is InChI=1S/C23H25NO6/c1-2-3-14-30-23(12-13-25,21(26)27)24-22(28)29-15-20-18-10-6-4-8-16(18)17-9-5-7-11-19(17)20/h4-11,13,20H,2-3,12,14-15H2,1H3,(H,24,28)(H,26,27). The number of carboxylic acid groups (broad SMARTS) is 1. The molecular formula is C23H25NO6. The SMILES string of the molecule is CCCCOC(CC=O)(NC(=O)OCC1c2ccccc2-c2ccccc21)C(=O)O. The molecule has 2 N–H and O–H groups in total. The molecule has 1 unspecified atom stereocenters. The first kappa shape index (κ1) is 21.5. The van der Waals surface area contributed by atoms with Gasteiger partial charge in [-0.15, -0.1) is 0 Å². The molecule has 30 heavy (non-hydrogen) atoms. The molecule has 2 aromatic carbocycles. The highest BCUT2D eigenvalue weighted by Gasteiger charge is 2.42. The quantitative estimate of drug-likeness (QED) is 0.351. The van der Waals surface area contributed by atoms with Crippen LogP contribution in [0.25, 0.3) is 11.1 Å². The maximum atomic E-state index is 12.5. The third-order valence-electron chi connectivity index (χ3n) is 5.21. The second-order valence-corrected chi connectivity index (χ2v) is 7.16. The van der Waals surface area contributed by atoms with E-state index in [1.54, 1.807) is 0 Å². The Balaban J connectivity index is 1.73. The van der Waals surface area contributed by atoms with Gasteiger partial charge < -0.3 is 19.4 Å². The molecule has 0 saturated heterocycles. The van der Waals surface area contributed by atoms with E-state index in [2.05, 4.69) is 5.32 Å². The molecule has 158 valence electrons. The molecule has 0 saturated carbocycles. The van der Waals surface area contributed by atoms with Crippen LogP contribution < -0.4 is 5.32 Å². The molecule has 1 atom stereocenters. The first-order valence-electron chi connectivity index (χ1n) is 9.96. The van der Waals surface area contributed by atoms with E-state index in [0.29, 0.717) is 12.7 Å². The van der Waals surface area contributed by atoms with Crippen LogP contribution in [0.3, 0.4) is 0 Å². The van der Waals surface area contributed by atoms with Gasteiger partial charge in [0.1, 0.15) is 12.9 Å². The van der Waals surface area contributed by atoms with Gasteiger partial charge in [-0.3, -0.25) is 5.32 Å². The number of carbonyl (C=O) groups is 3. The monoisotopic (exact) mass is 411 g/mol. The molecule has 7 nitrogen and oxygen atoms in total. The Labute approximate surface area is 175 Å². The summed E-state index contributed by atoms with van der Waals surface area (Å²) in [5, 5.41) is 11.8. The number of nitrogens with one attached hydrogen (secondary N) is 1. The topological polar surface area (TPSA) is 102 Å². The Morgan fingerprint density at radius 1 is 1.10 bits per heavy atom. The average molecular weight is 411 g/mol. The molecule has 7 heteroatoms. The number of unbranched alkanes of at least 4 members (excludes halogenated alkanes) is 1. The fourth-order valence-corrected chi connectivity index (χ4v) is 3.66. The Bertz CT molecular complexity index is 882. The Morgan fingerprint density at radius 3 is 2.23 bits per heavy atom. The van der Waals surface area contributed by atoms with Crippen LogP contribution >= 0.6 is 0 Å². The van der Waals surface area contributed by atoms with Crippen molar-refractivity contribution in [3.8, 4) is 11.1 Å². The lowest BCUT2D eigenvalue weighted by molar-refractivity contribution is -0.172. The van der Waals surface area contributed by atoms with Crippen LogP contribution in [0, 0.1) is 0 Å². The summed E-state index contributed by atoms with van der Waals surface area (Å²) in [4.78, 5) is 35.3. The highest BCUT2D eigenvalue weighted by atomic mass is 16.6. The molecule has 0 bridgehead atoms. The molecule has 0 aromatic heterocycles. The maximum Gasteiger partial charge on any atom is 0.409 e. The fraction of sp³-hybridized carbons (Fsp3) is 0.348. The molecule has 0 spiro atoms. The van der Waals surface area contributed by atoms with Gasteiger partial charge in [0.2, 0.25) is 5.72 Å². The molecule has 1 aliphatic carbocycles. The number of aliphatic carboxylic acids is 1. The van der Waals surface area contributed by atoms with E-state index in [9.17, 15) is 19.5 Å². The van der Waals surface area contributed by atoms with E-state index < -0.39 is 24.2 Å². The van der Waals surface area contributed by atoms with Crippen molar-refractivity contribution in [3.63, 3.8) is 0 Å². The zero-order valence-corrected chi connectivity index (χ0v) is 16.8. The number of carboxylic acids is 1. The molecule has 1 amide bonds. The summed E-state index contributed by atoms with van der Waals surface area (Å²) in [6.07, 6.45) is 0.319. The summed E-state index contributed by atoms with van der Waals surface area (Å²) in [6.45, 7) is 2.05. The van der Waals surface area contributed by atoms with Crippen LogP contribution in [-0.2, 0) is 19.1 Å². The third-order valence-corrected chi connectivity index (χ3v) is 5.21. The molecule has 3 rings (SSSR count). The van der Waals surface area contributed by atoms with Crippen LogP contribution in [0.15, 0.2) is 48.5 Å². The molecular weight excluding hydrogens is 386 g/mol. The summed E-state index contributed by atoms with van der Waals surface area (Å²) in [5.41, 5.74) is 2.13. The number of hydrogen-bond donors (Lipinski definition) is 2. The lowest BCUT2D eigenvalue weighted by Crippen LogP contribution is -2.57. The minimum Gasteiger partial charge on any atom is -0.478 e. The normalized spacial score (nSPS) is 14.3. The van der Waals surface area contributed by atoms with Gasteiger partial charge in [-0.05, 0) is 28.7 Å². The summed E-state index contributed by atoms with van der Waals surface area (Å²) in [5.74, 6) is -1.60. The largest absolute Gasteiger partial charge is 0.478 e. The van der Waals surface area contributed by atoms with E-state index in [4.69, 9.17) is 9.47 Å². The third kappa shape index (κ3) is 4.36. The van der Waals surface area contributed by atoms with Crippen LogP contribution in [0.2, 0.25) is 0 Å². The molecule has 0 radical (unpaired) electrons. The van der Waals surface area contributed by atoms with Gasteiger partial charge in [0, 0.05) is 5.92 Å². The van der Waals surface area contributed by atoms with Gasteiger partial charge in [0.15, 0.2) is 0 Å². The van der Waals surface area contributed by atoms with Gasteiger partial charge in [0.05, 0.1) is 13.0 Å². The summed E-state index contributed by atoms with van der Waals surface area (Å²) in [6, 6.07) is 15.8. The number of amides is 1. The number of rotatable bonds is 10. The first-order chi connectivity index (χ1) is 14.5. The van der Waals surface area contributed by atoms with Gasteiger partial charge >= 0.3 is 12.1 Å². The van der Waals surface area contributed by atoms with E-state index in [1.807, 2.05) is 55.5 Å². The van der Waals surface area contributed by atoms with Crippen LogP contribution in [0.4, 0.5) is 4.79 Å². The van der Waals surface area contributed by atoms with Crippen molar-refractivity contribution in [2.24, 2.45) is 0 Å². The predicted molar refractivity (Wildman–Crippen MR) is 110 cm³/mol. The van der Waals surface area contributed by atoms with E-state index in [-0.39, 0.29) is 19.1 Å². The molecule has 0 heterocycles. The van der Waals surface area contributed by atoms with Crippen molar-refractivity contribution >= 4 is 18.3 Å². The van der Waals surface area contributed by atoms with Crippen molar-refractivity contribution < 1.29 is 29.0 Å². The molecule has 0 aliphatic heterocycles. The smallest absolute Gasteiger partial charge is 0.409 e. The van der Waals surface area contributed by atoms with Crippen molar-refractivity contribution in [1.29, 1.82) is 0 Å². The fourth-order valence-electron chi connectivity index (χ4n) is 3.66. The van der Waals surface area contributed by atoms with Gasteiger partial charge in [-0.1, -0.05) is 61.9 Å². The van der Waals surface area contributed by atoms with Gasteiger partial charge in [-0.25, -0.2) is 9.59 Å². The molecule has 2 aromatic rings. The van der Waals surface area contributed by atoms with Gasteiger partial charge in [-0.2, -0.15) is 0 Å². The zero-order valence-electron chi connectivity index (χ0n) is 16.8. The number of hydrogen-bond acceptors (Lipinski definition) is 5. The van der Waals surface area contributed by atoms with Crippen molar-refractivity contribution in [1.82, 2.24) is 5.32 Å². The number of fused-ring (bicyclic) bond motifs is 3. The van der Waals surface area contributed by atoms with E-state index in [1.165, 1.54) is 0 Å². The first-order valence-corrected chi connectivity index (χ1v) is 9.96. The molecule has 0 fully saturated rings. The van der Waals surface area contributed by atoms with Crippen LogP contribution in [0.1, 0.15) is 43.2 Å². The minimum atomic E-state index is -2.14. The predicted octanol–water partition coefficient (Wildman–Crippen LogP) is 3.71. The highest BCUT2D eigenvalue weighted by Crippen LogP contribution is 2.44. The highest BCUT2D eigenvalue weighted by molar-refractivity contribution is 5.85. The van der Waals surface area contributed by atoms with E-state index in [0.717, 1.165) is 28.7 Å². The Kier molecular flexibility index (Phi) is 6.84. The minimum absolute atomic E-state index is 0.0333. The van der Waals surface area contributed by atoms with Crippen molar-refractivity contribution in [3.05, 3.63) is 59.7 Å². The van der Waals surface area contributed by atoms with Crippen molar-refractivity contribution in [2.45, 2.75) is 37.8 Å². The van der Waals surface area contributed by atoms with Crippen LogP contribution in [-0.4, -0.2) is 42.4 Å². The Morgan fingerprint density at radius 2 is 1.70 bits per heavy atom.